The van der Waals surface area contributed by atoms with Crippen molar-refractivity contribution in [3.63, 3.8) is 0 Å². The van der Waals surface area contributed by atoms with Crippen LogP contribution in [-0.4, -0.2) is 21.8 Å². The summed E-state index contributed by atoms with van der Waals surface area (Å²) in [7, 11) is -21.3. The van der Waals surface area contributed by atoms with Crippen molar-refractivity contribution in [1.82, 2.24) is 9.97 Å². The molecule has 0 fully saturated rings. The average Bonchev–Trinajstić information content (AvgIpc) is 2.86. The molecule has 0 aromatic carbocycles. The predicted octanol–water partition coefficient (Wildman–Crippen LogP) is 7.78. The summed E-state index contributed by atoms with van der Waals surface area (Å²) in [4.78, 5) is 31.7. The van der Waals surface area contributed by atoms with E-state index in [4.69, 9.17) is 11.5 Å². The minimum atomic E-state index is -10.7. The molecule has 0 saturated heterocycles. The molecule has 4 aromatic rings. The first-order chi connectivity index (χ1) is 20.4. The number of amides is 2. The van der Waals surface area contributed by atoms with Crippen LogP contribution in [0.4, 0.5) is 50.4 Å². The number of nitrogens with two attached hydrogens (primary N) is 2. The Labute approximate surface area is 250 Å². The van der Waals surface area contributed by atoms with Crippen LogP contribution in [-0.2, 0) is 13.1 Å². The third kappa shape index (κ3) is 19.1. The summed E-state index contributed by atoms with van der Waals surface area (Å²) in [6.45, 7) is 1.14. The van der Waals surface area contributed by atoms with Gasteiger partial charge in [-0.05, 0) is 36.4 Å². The molecule has 0 aliphatic rings. The second-order valence-corrected chi connectivity index (χ2v) is 13.1. The van der Waals surface area contributed by atoms with E-state index < -0.39 is 27.4 Å². The smallest absolute Gasteiger partial charge is 0.254 e. The van der Waals surface area contributed by atoms with Crippen LogP contribution in [0, 0.1) is 0 Å². The zero-order valence-electron chi connectivity index (χ0n) is 22.7. The monoisotopic (exact) mass is 716 g/mol. The van der Waals surface area contributed by atoms with Gasteiger partial charge in [-0.2, -0.15) is 9.13 Å². The van der Waals surface area contributed by atoms with E-state index in [1.165, 1.54) is 0 Å². The molecule has 0 bridgehead atoms. The van der Waals surface area contributed by atoms with Crippen LogP contribution in [0.15, 0.2) is 85.7 Å². The summed E-state index contributed by atoms with van der Waals surface area (Å²) in [5, 5.41) is 0. The van der Waals surface area contributed by atoms with E-state index in [0.717, 1.165) is 22.5 Å². The molecular weight excluding hydrogens is 694 g/mol. The molecule has 0 spiro atoms. The third-order valence-corrected chi connectivity index (χ3v) is 4.93. The summed E-state index contributed by atoms with van der Waals surface area (Å²) in [6, 6.07) is 14.7. The van der Waals surface area contributed by atoms with Gasteiger partial charge < -0.3 is 11.5 Å². The van der Waals surface area contributed by atoms with Crippen molar-refractivity contribution >= 4 is 27.4 Å². The topological polar surface area (TPSA) is 120 Å². The van der Waals surface area contributed by atoms with Crippen molar-refractivity contribution in [2.75, 3.05) is 0 Å². The minimum absolute atomic E-state index is 0.457. The number of carbonyl (C=O) groups is 2. The maximum Gasteiger partial charge on any atom is 0.254 e. The van der Waals surface area contributed by atoms with E-state index >= 15 is 0 Å². The third-order valence-electron chi connectivity index (χ3n) is 4.93. The Morgan fingerprint density at radius 1 is 0.565 bits per heavy atom. The zero-order chi connectivity index (χ0) is 35.3. The number of hydrogen-bond donors (Lipinski definition) is 2. The van der Waals surface area contributed by atoms with Crippen molar-refractivity contribution in [3.8, 4) is 11.4 Å². The Balaban J connectivity index is 0.000000440. The summed E-state index contributed by atoms with van der Waals surface area (Å²) in [5.41, 5.74) is 15.1. The normalized spacial score (nSPS) is 14.4. The van der Waals surface area contributed by atoms with E-state index in [2.05, 4.69) is 9.97 Å². The summed E-state index contributed by atoms with van der Waals surface area (Å²) >= 11 is 0. The van der Waals surface area contributed by atoms with Crippen LogP contribution < -0.4 is 20.6 Å². The van der Waals surface area contributed by atoms with Gasteiger partial charge in [0.15, 0.2) is 37.9 Å². The first-order valence-corrected chi connectivity index (χ1v) is 16.0. The van der Waals surface area contributed by atoms with Gasteiger partial charge in [-0.25, -0.2) is 0 Å². The second kappa shape index (κ2) is 11.7. The molecule has 22 heteroatoms. The summed E-state index contributed by atoms with van der Waals surface area (Å²) in [6.07, 6.45) is 10.8. The average molecular weight is 716 g/mol. The number of nitrogens with zero attached hydrogens (tertiary/aromatic N) is 4. The minimum Gasteiger partial charge on any atom is -0.365 e. The molecular formula is C24H22F12N6O2P2. The number of aromatic nitrogens is 4. The first kappa shape index (κ1) is 37.7. The van der Waals surface area contributed by atoms with Crippen LogP contribution >= 0.6 is 15.6 Å². The van der Waals surface area contributed by atoms with Crippen LogP contribution in [0.5, 0.6) is 0 Å². The molecule has 254 valence electrons. The van der Waals surface area contributed by atoms with Gasteiger partial charge in [0, 0.05) is 35.7 Å². The van der Waals surface area contributed by atoms with E-state index in [9.17, 15) is 60.0 Å². The number of rotatable bonds is 7. The van der Waals surface area contributed by atoms with Gasteiger partial charge in [-0.15, -0.1) is 0 Å². The van der Waals surface area contributed by atoms with E-state index in [-0.39, 0.29) is 0 Å². The number of pyridine rings is 4. The maximum absolute atomic E-state index is 11.3. The molecule has 0 aliphatic heterocycles. The molecule has 0 aliphatic carbocycles. The summed E-state index contributed by atoms with van der Waals surface area (Å²) in [5.74, 6) is -0.914. The van der Waals surface area contributed by atoms with Crippen LogP contribution in [0.1, 0.15) is 31.8 Å². The largest absolute Gasteiger partial charge is 0.365 e. The van der Waals surface area contributed by atoms with Crippen molar-refractivity contribution < 1.29 is 69.1 Å². The Kier molecular flexibility index (Phi) is 9.63. The fourth-order valence-electron chi connectivity index (χ4n) is 3.29. The van der Waals surface area contributed by atoms with Gasteiger partial charge in [0.25, 0.3) is 11.8 Å². The Hall–Kier alpha value is -4.44. The molecule has 0 unspecified atom stereocenters. The molecule has 4 rings (SSSR count). The molecule has 2 amide bonds. The van der Waals surface area contributed by atoms with Crippen LogP contribution in [0.25, 0.3) is 11.4 Å². The second-order valence-electron chi connectivity index (χ2n) is 9.28. The number of halogens is 12. The van der Waals surface area contributed by atoms with Crippen molar-refractivity contribution in [1.29, 1.82) is 0 Å². The van der Waals surface area contributed by atoms with E-state index in [1.807, 2.05) is 45.8 Å². The molecule has 8 nitrogen and oxygen atoms in total. The zero-order valence-corrected chi connectivity index (χ0v) is 24.5. The Morgan fingerprint density at radius 2 is 0.870 bits per heavy atom. The Bertz CT molecular complexity index is 1570. The van der Waals surface area contributed by atoms with Gasteiger partial charge >= 0.3 is 66.0 Å². The standard InChI is InChI=1S/C24H20N6O2.2F6P/c25-23(31)19-3-1-9-29(15-19)13-17-5-7-21(27-11-17)22-8-6-18(12-28-22)14-30-10-2-4-20(16-30)24(26)32;2*1-7(2,3,4,5)6/h1-12,15-16H,13-14H2,(H2-2,25,26,31,32);;/q;2*-1/p+2. The molecule has 0 radical (unpaired) electrons. The SMILES string of the molecule is F[P-](F)(F)(F)(F)F.F[P-](F)(F)(F)(F)F.NC(=O)c1ccc[n+](Cc2ccc(-c3ccc(C[n+]4cccc(C(N)=O)c4)cn3)nc2)c1. The van der Waals surface area contributed by atoms with Gasteiger partial charge in [0.05, 0.1) is 11.4 Å². The van der Waals surface area contributed by atoms with Gasteiger partial charge in [-0.1, -0.05) is 0 Å². The number of hydrogen-bond acceptors (Lipinski definition) is 4. The predicted molar refractivity (Wildman–Crippen MR) is 143 cm³/mol. The molecule has 0 saturated carbocycles. The van der Waals surface area contributed by atoms with Gasteiger partial charge in [0.1, 0.15) is 11.1 Å². The summed E-state index contributed by atoms with van der Waals surface area (Å²) < 4.78 is 122. The van der Waals surface area contributed by atoms with Crippen LogP contribution in [0.3, 0.4) is 0 Å². The molecule has 4 aromatic heterocycles. The molecule has 4 heterocycles. The fraction of sp³-hybridized carbons (Fsp3) is 0.0833. The molecule has 4 N–H and O–H groups in total. The quantitative estimate of drug-likeness (QED) is 0.115. The number of primary amides is 2. The molecule has 0 atom stereocenters. The van der Waals surface area contributed by atoms with Gasteiger partial charge in [0.2, 0.25) is 0 Å². The fourth-order valence-corrected chi connectivity index (χ4v) is 3.29. The van der Waals surface area contributed by atoms with Crippen LogP contribution in [0.2, 0.25) is 0 Å². The maximum atomic E-state index is 11.3. The molecule has 46 heavy (non-hydrogen) atoms. The first-order valence-electron chi connectivity index (χ1n) is 12.0. The van der Waals surface area contributed by atoms with Crippen molar-refractivity contribution in [3.05, 3.63) is 108 Å². The van der Waals surface area contributed by atoms with Crippen molar-refractivity contribution in [2.24, 2.45) is 11.5 Å². The van der Waals surface area contributed by atoms with E-state index in [1.54, 1.807) is 49.1 Å². The number of carbonyl (C=O) groups excluding carboxylic acids is 2. The van der Waals surface area contributed by atoms with Crippen molar-refractivity contribution in [2.45, 2.75) is 13.1 Å². The van der Waals surface area contributed by atoms with E-state index in [0.29, 0.717) is 24.2 Å². The Morgan fingerprint density at radius 3 is 1.11 bits per heavy atom. The van der Waals surface area contributed by atoms with Gasteiger partial charge in [-0.3, -0.25) is 19.6 Å².